The third-order valence-corrected chi connectivity index (χ3v) is 5.67. The molecule has 3 nitrogen and oxygen atoms in total. The van der Waals surface area contributed by atoms with Gasteiger partial charge in [-0.05, 0) is 46.9 Å². The Kier molecular flexibility index (Phi) is 4.04. The molecule has 2 aliphatic heterocycles. The summed E-state index contributed by atoms with van der Waals surface area (Å²) in [4.78, 5) is 2.42. The molecule has 0 aromatic carbocycles. The summed E-state index contributed by atoms with van der Waals surface area (Å²) < 4.78 is 6.04. The first-order valence-corrected chi connectivity index (χ1v) is 8.06. The second-order valence-electron chi connectivity index (χ2n) is 6.82. The maximum absolute atomic E-state index is 10.5. The molecule has 4 heteroatoms. The van der Waals surface area contributed by atoms with E-state index in [2.05, 4.69) is 25.8 Å². The molecule has 2 rings (SSSR count). The fourth-order valence-electron chi connectivity index (χ4n) is 3.33. The Morgan fingerprint density at radius 3 is 2.39 bits per heavy atom. The predicted octanol–water partition coefficient (Wildman–Crippen LogP) is 1.99. The molecule has 0 aromatic heterocycles. The van der Waals surface area contributed by atoms with Crippen LogP contribution in [-0.2, 0) is 4.74 Å². The standard InChI is InChI=1S/C14H27NO2S/c1-13(2)11(12(16)14(3,4)17-13)8-15(5)10-6-7-18-9-10/h10-12,16H,6-9H2,1-5H3. The van der Waals surface area contributed by atoms with E-state index in [1.165, 1.54) is 17.9 Å². The molecular weight excluding hydrogens is 246 g/mol. The zero-order valence-corrected chi connectivity index (χ0v) is 13.1. The quantitative estimate of drug-likeness (QED) is 0.852. The summed E-state index contributed by atoms with van der Waals surface area (Å²) in [6, 6.07) is 0.668. The Morgan fingerprint density at radius 1 is 1.28 bits per heavy atom. The third kappa shape index (κ3) is 2.72. The van der Waals surface area contributed by atoms with E-state index in [1.807, 2.05) is 25.6 Å². The van der Waals surface area contributed by atoms with Crippen molar-refractivity contribution in [2.45, 2.75) is 57.5 Å². The van der Waals surface area contributed by atoms with E-state index >= 15 is 0 Å². The number of nitrogens with zero attached hydrogens (tertiary/aromatic N) is 1. The fourth-order valence-corrected chi connectivity index (χ4v) is 4.63. The van der Waals surface area contributed by atoms with Crippen LogP contribution in [0.3, 0.4) is 0 Å². The number of hydrogen-bond acceptors (Lipinski definition) is 4. The van der Waals surface area contributed by atoms with Crippen molar-refractivity contribution in [2.75, 3.05) is 25.1 Å². The first-order valence-electron chi connectivity index (χ1n) is 6.90. The highest BCUT2D eigenvalue weighted by atomic mass is 32.2. The number of hydrogen-bond donors (Lipinski definition) is 1. The lowest BCUT2D eigenvalue weighted by atomic mass is 9.84. The molecule has 0 bridgehead atoms. The molecular formula is C14H27NO2S. The van der Waals surface area contributed by atoms with Gasteiger partial charge in [0.15, 0.2) is 0 Å². The highest BCUT2D eigenvalue weighted by molar-refractivity contribution is 7.99. The van der Waals surface area contributed by atoms with Crippen LogP contribution >= 0.6 is 11.8 Å². The average Bonchev–Trinajstić information content (AvgIpc) is 2.79. The summed E-state index contributed by atoms with van der Waals surface area (Å²) in [5.74, 6) is 2.68. The minimum Gasteiger partial charge on any atom is -0.390 e. The van der Waals surface area contributed by atoms with Gasteiger partial charge < -0.3 is 14.7 Å². The zero-order valence-electron chi connectivity index (χ0n) is 12.3. The highest BCUT2D eigenvalue weighted by Gasteiger charge is 2.53. The first-order chi connectivity index (χ1) is 8.24. The van der Waals surface area contributed by atoms with Crippen LogP contribution in [0.25, 0.3) is 0 Å². The minimum atomic E-state index is -0.431. The van der Waals surface area contributed by atoms with Crippen LogP contribution in [0.4, 0.5) is 0 Å². The fraction of sp³-hybridized carbons (Fsp3) is 1.00. The molecule has 0 radical (unpaired) electrons. The van der Waals surface area contributed by atoms with Crippen molar-refractivity contribution in [3.05, 3.63) is 0 Å². The van der Waals surface area contributed by atoms with E-state index < -0.39 is 5.60 Å². The molecule has 2 aliphatic rings. The van der Waals surface area contributed by atoms with Crippen LogP contribution in [0, 0.1) is 5.92 Å². The van der Waals surface area contributed by atoms with Crippen LogP contribution in [0.15, 0.2) is 0 Å². The van der Waals surface area contributed by atoms with Crippen molar-refractivity contribution in [2.24, 2.45) is 5.92 Å². The van der Waals surface area contributed by atoms with E-state index in [4.69, 9.17) is 4.74 Å². The van der Waals surface area contributed by atoms with E-state index in [9.17, 15) is 5.11 Å². The van der Waals surface area contributed by atoms with E-state index in [0.29, 0.717) is 6.04 Å². The van der Waals surface area contributed by atoms with Gasteiger partial charge in [0.25, 0.3) is 0 Å². The molecule has 18 heavy (non-hydrogen) atoms. The van der Waals surface area contributed by atoms with Crippen molar-refractivity contribution in [1.82, 2.24) is 4.90 Å². The average molecular weight is 273 g/mol. The van der Waals surface area contributed by atoms with Crippen LogP contribution in [0.5, 0.6) is 0 Å². The lowest BCUT2D eigenvalue weighted by molar-refractivity contribution is -0.0913. The smallest absolute Gasteiger partial charge is 0.0896 e. The van der Waals surface area contributed by atoms with Crippen molar-refractivity contribution >= 4 is 11.8 Å². The number of ether oxygens (including phenoxy) is 1. The molecule has 0 aromatic rings. The van der Waals surface area contributed by atoms with E-state index in [-0.39, 0.29) is 17.6 Å². The van der Waals surface area contributed by atoms with Gasteiger partial charge in [-0.3, -0.25) is 0 Å². The molecule has 0 spiro atoms. The van der Waals surface area contributed by atoms with Gasteiger partial charge in [0.2, 0.25) is 0 Å². The normalized spacial score (nSPS) is 38.5. The second kappa shape index (κ2) is 4.97. The Morgan fingerprint density at radius 2 is 1.94 bits per heavy atom. The molecule has 0 saturated carbocycles. The monoisotopic (exact) mass is 273 g/mol. The van der Waals surface area contributed by atoms with Crippen LogP contribution in [-0.4, -0.2) is 58.5 Å². The zero-order chi connectivity index (χ0) is 13.6. The Labute approximate surface area is 115 Å². The largest absolute Gasteiger partial charge is 0.390 e. The first kappa shape index (κ1) is 14.6. The number of aliphatic hydroxyl groups excluding tert-OH is 1. The predicted molar refractivity (Wildman–Crippen MR) is 77.1 cm³/mol. The number of rotatable bonds is 3. The van der Waals surface area contributed by atoms with Crippen molar-refractivity contribution in [3.63, 3.8) is 0 Å². The Hall–Kier alpha value is 0.230. The summed E-state index contributed by atoms with van der Waals surface area (Å²) >= 11 is 2.03. The van der Waals surface area contributed by atoms with Crippen molar-refractivity contribution < 1.29 is 9.84 Å². The molecule has 1 N–H and O–H groups in total. The van der Waals surface area contributed by atoms with Gasteiger partial charge in [0, 0.05) is 24.3 Å². The molecule has 106 valence electrons. The van der Waals surface area contributed by atoms with Gasteiger partial charge in [-0.2, -0.15) is 11.8 Å². The van der Waals surface area contributed by atoms with E-state index in [1.54, 1.807) is 0 Å². The van der Waals surface area contributed by atoms with Crippen LogP contribution in [0.1, 0.15) is 34.1 Å². The number of aliphatic hydroxyl groups is 1. The van der Waals surface area contributed by atoms with Gasteiger partial charge in [0.1, 0.15) is 0 Å². The van der Waals surface area contributed by atoms with Gasteiger partial charge in [-0.15, -0.1) is 0 Å². The van der Waals surface area contributed by atoms with E-state index in [0.717, 1.165) is 6.54 Å². The third-order valence-electron chi connectivity index (χ3n) is 4.53. The summed E-state index contributed by atoms with van der Waals surface area (Å²) in [6.45, 7) is 9.11. The highest BCUT2D eigenvalue weighted by Crippen LogP contribution is 2.42. The molecule has 2 saturated heterocycles. The maximum atomic E-state index is 10.5. The van der Waals surface area contributed by atoms with Crippen LogP contribution < -0.4 is 0 Å². The second-order valence-corrected chi connectivity index (χ2v) is 7.97. The van der Waals surface area contributed by atoms with Gasteiger partial charge >= 0.3 is 0 Å². The van der Waals surface area contributed by atoms with Crippen LogP contribution in [0.2, 0.25) is 0 Å². The molecule has 3 atom stereocenters. The molecule has 0 aliphatic carbocycles. The SMILES string of the molecule is CN(CC1C(O)C(C)(C)OC1(C)C)C1CCSC1. The van der Waals surface area contributed by atoms with Crippen molar-refractivity contribution in [3.8, 4) is 0 Å². The minimum absolute atomic E-state index is 0.183. The summed E-state index contributed by atoms with van der Waals surface area (Å²) in [6.07, 6.45) is 0.887. The summed E-state index contributed by atoms with van der Waals surface area (Å²) in [5.41, 5.74) is -0.678. The Bertz CT molecular complexity index is 300. The molecule has 2 heterocycles. The van der Waals surface area contributed by atoms with Gasteiger partial charge in [-0.25, -0.2) is 0 Å². The Balaban J connectivity index is 2.03. The topological polar surface area (TPSA) is 32.7 Å². The van der Waals surface area contributed by atoms with Gasteiger partial charge in [-0.1, -0.05) is 0 Å². The molecule has 3 unspecified atom stereocenters. The lowest BCUT2D eigenvalue weighted by Gasteiger charge is -2.33. The summed E-state index contributed by atoms with van der Waals surface area (Å²) in [5, 5.41) is 10.5. The van der Waals surface area contributed by atoms with Crippen molar-refractivity contribution in [1.29, 1.82) is 0 Å². The lowest BCUT2D eigenvalue weighted by Crippen LogP contribution is -2.45. The molecule has 0 amide bonds. The maximum Gasteiger partial charge on any atom is 0.0896 e. The summed E-state index contributed by atoms with van der Waals surface area (Å²) in [7, 11) is 2.19. The van der Waals surface area contributed by atoms with Gasteiger partial charge in [0.05, 0.1) is 17.3 Å². The number of thioether (sulfide) groups is 1. The molecule has 2 fully saturated rings.